The fourth-order valence-electron chi connectivity index (χ4n) is 1.65. The molecule has 2 rings (SSSR count). The van der Waals surface area contributed by atoms with E-state index in [1.54, 1.807) is 24.3 Å². The van der Waals surface area contributed by atoms with Gasteiger partial charge in [0.05, 0.1) is 11.8 Å². The minimum Gasteiger partial charge on any atom is -0.387 e. The van der Waals surface area contributed by atoms with E-state index < -0.39 is 17.7 Å². The molecule has 0 aliphatic carbocycles. The van der Waals surface area contributed by atoms with Crippen LogP contribution in [0.2, 0.25) is 5.02 Å². The Kier molecular flexibility index (Phi) is 4.35. The van der Waals surface area contributed by atoms with Crippen molar-refractivity contribution in [2.24, 2.45) is 0 Å². The zero-order valence-corrected chi connectivity index (χ0v) is 10.7. The van der Waals surface area contributed by atoms with Gasteiger partial charge in [0.1, 0.15) is 0 Å². The van der Waals surface area contributed by atoms with Crippen LogP contribution in [-0.4, -0.2) is 11.7 Å². The van der Waals surface area contributed by atoms with Crippen LogP contribution in [0.5, 0.6) is 0 Å². The second kappa shape index (κ2) is 5.99. The minimum absolute atomic E-state index is 0.0213. The molecule has 2 aromatic carbocycles. The molecule has 1 atom stereocenters. The summed E-state index contributed by atoms with van der Waals surface area (Å²) in [6, 6.07) is 10.5. The second-order valence-electron chi connectivity index (χ2n) is 4.05. The summed E-state index contributed by atoms with van der Waals surface area (Å²) >= 11 is 5.74. The van der Waals surface area contributed by atoms with Crippen LogP contribution < -0.4 is 5.32 Å². The van der Waals surface area contributed by atoms with Gasteiger partial charge >= 0.3 is 0 Å². The van der Waals surface area contributed by atoms with Crippen LogP contribution in [0.25, 0.3) is 0 Å². The van der Waals surface area contributed by atoms with Crippen molar-refractivity contribution >= 4 is 17.3 Å². The van der Waals surface area contributed by atoms with Gasteiger partial charge in [-0.25, -0.2) is 8.78 Å². The van der Waals surface area contributed by atoms with Crippen LogP contribution in [0.15, 0.2) is 42.5 Å². The van der Waals surface area contributed by atoms with Gasteiger partial charge in [-0.3, -0.25) is 0 Å². The van der Waals surface area contributed by atoms with E-state index in [-0.39, 0.29) is 12.2 Å². The molecule has 0 saturated carbocycles. The maximum absolute atomic E-state index is 13.4. The lowest BCUT2D eigenvalue weighted by molar-refractivity contribution is 0.191. The Balaban J connectivity index is 2.02. The number of hydrogen-bond acceptors (Lipinski definition) is 2. The van der Waals surface area contributed by atoms with E-state index >= 15 is 0 Å². The summed E-state index contributed by atoms with van der Waals surface area (Å²) in [5.74, 6) is -1.88. The first kappa shape index (κ1) is 13.8. The molecule has 1 unspecified atom stereocenters. The van der Waals surface area contributed by atoms with Gasteiger partial charge in [-0.05, 0) is 29.8 Å². The molecule has 0 bridgehead atoms. The molecule has 2 nitrogen and oxygen atoms in total. The Morgan fingerprint density at radius 1 is 1.11 bits per heavy atom. The number of benzene rings is 2. The molecule has 19 heavy (non-hydrogen) atoms. The molecular weight excluding hydrogens is 272 g/mol. The first-order chi connectivity index (χ1) is 9.08. The fourth-order valence-corrected chi connectivity index (χ4v) is 1.78. The predicted octanol–water partition coefficient (Wildman–Crippen LogP) is 3.76. The van der Waals surface area contributed by atoms with Crippen molar-refractivity contribution < 1.29 is 13.9 Å². The molecule has 2 aromatic rings. The molecule has 0 spiro atoms. The van der Waals surface area contributed by atoms with Crippen molar-refractivity contribution in [1.82, 2.24) is 0 Å². The van der Waals surface area contributed by atoms with Gasteiger partial charge < -0.3 is 10.4 Å². The molecule has 0 amide bonds. The summed E-state index contributed by atoms with van der Waals surface area (Å²) in [7, 11) is 0. The van der Waals surface area contributed by atoms with Crippen LogP contribution >= 0.6 is 11.6 Å². The summed E-state index contributed by atoms with van der Waals surface area (Å²) in [6.45, 7) is 0.0714. The van der Waals surface area contributed by atoms with Gasteiger partial charge in [-0.1, -0.05) is 29.8 Å². The van der Waals surface area contributed by atoms with E-state index in [9.17, 15) is 13.9 Å². The molecule has 0 heterocycles. The third-order valence-electron chi connectivity index (χ3n) is 2.69. The van der Waals surface area contributed by atoms with Gasteiger partial charge in [0.15, 0.2) is 11.6 Å². The minimum atomic E-state index is -0.953. The molecule has 0 aromatic heterocycles. The molecule has 0 aliphatic heterocycles. The smallest absolute Gasteiger partial charge is 0.181 e. The molecule has 0 aliphatic rings. The lowest BCUT2D eigenvalue weighted by atomic mass is 10.1. The summed E-state index contributed by atoms with van der Waals surface area (Å²) < 4.78 is 26.3. The van der Waals surface area contributed by atoms with Crippen molar-refractivity contribution in [3.63, 3.8) is 0 Å². The Morgan fingerprint density at radius 2 is 1.79 bits per heavy atom. The van der Waals surface area contributed by atoms with Crippen LogP contribution in [0, 0.1) is 11.6 Å². The normalized spacial score (nSPS) is 12.2. The lowest BCUT2D eigenvalue weighted by Gasteiger charge is -2.13. The number of aliphatic hydroxyl groups is 1. The molecular formula is C14H12ClF2NO. The van der Waals surface area contributed by atoms with Crippen LogP contribution in [-0.2, 0) is 0 Å². The first-order valence-corrected chi connectivity index (χ1v) is 6.07. The Hall–Kier alpha value is -1.65. The largest absolute Gasteiger partial charge is 0.387 e. The first-order valence-electron chi connectivity index (χ1n) is 5.69. The number of nitrogens with one attached hydrogen (secondary N) is 1. The van der Waals surface area contributed by atoms with Crippen molar-refractivity contribution in [1.29, 1.82) is 0 Å². The third-order valence-corrected chi connectivity index (χ3v) is 2.94. The van der Waals surface area contributed by atoms with E-state index in [0.717, 1.165) is 6.07 Å². The number of rotatable bonds is 4. The van der Waals surface area contributed by atoms with E-state index in [1.807, 2.05) is 0 Å². The standard InChI is InChI=1S/C14H12ClF2NO/c15-10-6-4-9(5-7-10)13(19)8-18-12-3-1-2-11(16)14(12)17/h1-7,13,18-19H,8H2. The highest BCUT2D eigenvalue weighted by atomic mass is 35.5. The van der Waals surface area contributed by atoms with Crippen LogP contribution in [0.3, 0.4) is 0 Å². The molecule has 0 radical (unpaired) electrons. The SMILES string of the molecule is OC(CNc1cccc(F)c1F)c1ccc(Cl)cc1. The second-order valence-corrected chi connectivity index (χ2v) is 4.49. The summed E-state index contributed by atoms with van der Waals surface area (Å²) in [6.07, 6.45) is -0.833. The summed E-state index contributed by atoms with van der Waals surface area (Å²) in [5, 5.41) is 13.1. The summed E-state index contributed by atoms with van der Waals surface area (Å²) in [4.78, 5) is 0. The maximum atomic E-state index is 13.4. The Bertz CT molecular complexity index is 560. The number of anilines is 1. The fraction of sp³-hybridized carbons (Fsp3) is 0.143. The topological polar surface area (TPSA) is 32.3 Å². The highest BCUT2D eigenvalue weighted by Crippen LogP contribution is 2.20. The third kappa shape index (κ3) is 3.43. The zero-order valence-electron chi connectivity index (χ0n) is 9.91. The predicted molar refractivity (Wildman–Crippen MR) is 71.3 cm³/mol. The number of aliphatic hydroxyl groups excluding tert-OH is 1. The summed E-state index contributed by atoms with van der Waals surface area (Å²) in [5.41, 5.74) is 0.668. The maximum Gasteiger partial charge on any atom is 0.181 e. The average molecular weight is 284 g/mol. The van der Waals surface area contributed by atoms with Gasteiger partial charge in [-0.2, -0.15) is 0 Å². The number of halogens is 3. The van der Waals surface area contributed by atoms with E-state index in [1.165, 1.54) is 12.1 Å². The molecule has 100 valence electrons. The van der Waals surface area contributed by atoms with Gasteiger partial charge in [0.25, 0.3) is 0 Å². The monoisotopic (exact) mass is 283 g/mol. The average Bonchev–Trinajstić information content (AvgIpc) is 2.41. The molecule has 0 fully saturated rings. The zero-order chi connectivity index (χ0) is 13.8. The van der Waals surface area contributed by atoms with Crippen molar-refractivity contribution in [3.8, 4) is 0 Å². The van der Waals surface area contributed by atoms with Crippen LogP contribution in [0.4, 0.5) is 14.5 Å². The highest BCUT2D eigenvalue weighted by Gasteiger charge is 2.10. The van der Waals surface area contributed by atoms with E-state index in [2.05, 4.69) is 5.32 Å². The molecule has 5 heteroatoms. The van der Waals surface area contributed by atoms with Gasteiger partial charge in [0.2, 0.25) is 0 Å². The molecule has 0 saturated heterocycles. The van der Waals surface area contributed by atoms with Crippen molar-refractivity contribution in [3.05, 3.63) is 64.7 Å². The Morgan fingerprint density at radius 3 is 2.47 bits per heavy atom. The number of hydrogen-bond donors (Lipinski definition) is 2. The van der Waals surface area contributed by atoms with Gasteiger partial charge in [-0.15, -0.1) is 0 Å². The van der Waals surface area contributed by atoms with E-state index in [4.69, 9.17) is 11.6 Å². The van der Waals surface area contributed by atoms with Crippen molar-refractivity contribution in [2.75, 3.05) is 11.9 Å². The molecule has 2 N–H and O–H groups in total. The van der Waals surface area contributed by atoms with Crippen LogP contribution in [0.1, 0.15) is 11.7 Å². The van der Waals surface area contributed by atoms with Gasteiger partial charge in [0, 0.05) is 11.6 Å². The Labute approximate surface area is 114 Å². The van der Waals surface area contributed by atoms with E-state index in [0.29, 0.717) is 10.6 Å². The quantitative estimate of drug-likeness (QED) is 0.895. The lowest BCUT2D eigenvalue weighted by Crippen LogP contribution is -2.13. The highest BCUT2D eigenvalue weighted by molar-refractivity contribution is 6.30. The van der Waals surface area contributed by atoms with Crippen molar-refractivity contribution in [2.45, 2.75) is 6.10 Å².